The summed E-state index contributed by atoms with van der Waals surface area (Å²) in [7, 11) is 0. The van der Waals surface area contributed by atoms with E-state index in [0.717, 1.165) is 0 Å². The fraction of sp³-hybridized carbons (Fsp3) is 0.250. The number of thiophene rings is 1. The predicted octanol–water partition coefficient (Wildman–Crippen LogP) is 2.93. The van der Waals surface area contributed by atoms with Gasteiger partial charge in [0.15, 0.2) is 0 Å². The van der Waals surface area contributed by atoms with Crippen molar-refractivity contribution in [3.8, 4) is 0 Å². The van der Waals surface area contributed by atoms with Crippen LogP contribution >= 0.6 is 11.3 Å². The van der Waals surface area contributed by atoms with Crippen molar-refractivity contribution in [1.29, 1.82) is 0 Å². The fourth-order valence-electron chi connectivity index (χ4n) is 1.90. The topological polar surface area (TPSA) is 26.3 Å². The monoisotopic (exact) mass is 218 g/mol. The molecule has 1 aliphatic rings. The molecule has 1 fully saturated rings. The Morgan fingerprint density at radius 3 is 2.93 bits per heavy atom. The Morgan fingerprint density at radius 1 is 1.33 bits per heavy atom. The minimum absolute atomic E-state index is 0.0718. The minimum atomic E-state index is -0.0718. The van der Waals surface area contributed by atoms with E-state index in [9.17, 15) is 4.79 Å². The van der Waals surface area contributed by atoms with Gasteiger partial charge in [0.1, 0.15) is 0 Å². The van der Waals surface area contributed by atoms with E-state index in [1.807, 2.05) is 12.1 Å². The van der Waals surface area contributed by atoms with Gasteiger partial charge in [0, 0.05) is 15.5 Å². The molecule has 0 spiro atoms. The molecule has 76 valence electrons. The van der Waals surface area contributed by atoms with Crippen LogP contribution in [0.5, 0.6) is 0 Å². The van der Waals surface area contributed by atoms with E-state index in [1.54, 1.807) is 11.3 Å². The van der Waals surface area contributed by atoms with Crippen LogP contribution in [0.2, 0.25) is 0 Å². The maximum Gasteiger partial charge on any atom is 0.306 e. The van der Waals surface area contributed by atoms with Crippen LogP contribution < -0.4 is 0 Å². The summed E-state index contributed by atoms with van der Waals surface area (Å²) in [6.07, 6.45) is 0.535. The Labute approximate surface area is 91.5 Å². The maximum atomic E-state index is 11.0. The molecule has 0 bridgehead atoms. The van der Waals surface area contributed by atoms with Crippen LogP contribution in [0.4, 0.5) is 0 Å². The zero-order chi connectivity index (χ0) is 10.3. The molecule has 1 aromatic heterocycles. The average molecular weight is 218 g/mol. The van der Waals surface area contributed by atoms with Gasteiger partial charge in [-0.15, -0.1) is 11.3 Å². The molecule has 3 heteroatoms. The van der Waals surface area contributed by atoms with E-state index in [-0.39, 0.29) is 11.9 Å². The fourth-order valence-corrected chi connectivity index (χ4v) is 3.05. The highest BCUT2D eigenvalue weighted by molar-refractivity contribution is 7.19. The second kappa shape index (κ2) is 3.35. The van der Waals surface area contributed by atoms with Crippen molar-refractivity contribution in [2.24, 2.45) is 0 Å². The molecular weight excluding hydrogens is 208 g/mol. The van der Waals surface area contributed by atoms with Gasteiger partial charge < -0.3 is 4.74 Å². The quantitative estimate of drug-likeness (QED) is 0.688. The van der Waals surface area contributed by atoms with Crippen molar-refractivity contribution in [2.75, 3.05) is 6.61 Å². The van der Waals surface area contributed by atoms with E-state index in [2.05, 4.69) is 18.2 Å². The molecule has 0 saturated carbocycles. The first kappa shape index (κ1) is 8.92. The Bertz CT molecular complexity index is 482. The van der Waals surface area contributed by atoms with Gasteiger partial charge in [0.25, 0.3) is 0 Å². The Kier molecular flexibility index (Phi) is 1.99. The summed E-state index contributed by atoms with van der Waals surface area (Å²) in [5.74, 6) is 0.201. The van der Waals surface area contributed by atoms with Crippen molar-refractivity contribution >= 4 is 27.4 Å². The van der Waals surface area contributed by atoms with Crippen molar-refractivity contribution in [3.63, 3.8) is 0 Å². The zero-order valence-corrected chi connectivity index (χ0v) is 8.92. The van der Waals surface area contributed by atoms with Crippen LogP contribution in [-0.2, 0) is 9.53 Å². The third-order valence-corrected chi connectivity index (χ3v) is 3.98. The van der Waals surface area contributed by atoms with Gasteiger partial charge in [0.05, 0.1) is 13.0 Å². The van der Waals surface area contributed by atoms with Crippen molar-refractivity contribution in [2.45, 2.75) is 12.3 Å². The number of ether oxygens (including phenoxy) is 1. The Balaban J connectivity index is 2.01. The second-order valence-corrected chi connectivity index (χ2v) is 4.89. The highest BCUT2D eigenvalue weighted by Gasteiger charge is 2.26. The summed E-state index contributed by atoms with van der Waals surface area (Å²) in [6, 6.07) is 10.5. The summed E-state index contributed by atoms with van der Waals surface area (Å²) < 4.78 is 6.27. The predicted molar refractivity (Wildman–Crippen MR) is 60.1 cm³/mol. The van der Waals surface area contributed by atoms with Crippen LogP contribution in [0, 0.1) is 0 Å². The molecule has 1 saturated heterocycles. The third-order valence-electron chi connectivity index (χ3n) is 2.71. The van der Waals surface area contributed by atoms with E-state index in [1.165, 1.54) is 15.0 Å². The smallest absolute Gasteiger partial charge is 0.306 e. The molecule has 2 aromatic rings. The first-order chi connectivity index (χ1) is 7.33. The van der Waals surface area contributed by atoms with Crippen molar-refractivity contribution in [3.05, 3.63) is 35.2 Å². The molecule has 2 nitrogen and oxygen atoms in total. The van der Waals surface area contributed by atoms with Gasteiger partial charge >= 0.3 is 5.97 Å². The first-order valence-electron chi connectivity index (χ1n) is 4.97. The number of cyclic esters (lactones) is 1. The molecule has 1 aromatic carbocycles. The molecule has 3 rings (SSSR count). The normalized spacial score (nSPS) is 20.8. The lowest BCUT2D eigenvalue weighted by molar-refractivity contribution is -0.137. The molecule has 1 unspecified atom stereocenters. The number of benzene rings is 1. The molecule has 15 heavy (non-hydrogen) atoms. The molecule has 0 aliphatic carbocycles. The van der Waals surface area contributed by atoms with E-state index in [0.29, 0.717) is 13.0 Å². The number of hydrogen-bond donors (Lipinski definition) is 0. The van der Waals surface area contributed by atoms with Crippen LogP contribution in [0.25, 0.3) is 10.1 Å². The maximum absolute atomic E-state index is 11.0. The highest BCUT2D eigenvalue weighted by atomic mass is 32.1. The van der Waals surface area contributed by atoms with E-state index < -0.39 is 0 Å². The van der Waals surface area contributed by atoms with E-state index in [4.69, 9.17) is 4.74 Å². The SMILES string of the molecule is O=C1CC(c2cc3ccccc3s2)CO1. The van der Waals surface area contributed by atoms with Gasteiger partial charge in [-0.25, -0.2) is 0 Å². The summed E-state index contributed by atoms with van der Waals surface area (Å²) in [6.45, 7) is 0.547. The molecule has 0 N–H and O–H groups in total. The van der Waals surface area contributed by atoms with E-state index >= 15 is 0 Å². The number of carbonyl (C=O) groups excluding carboxylic acids is 1. The standard InChI is InChI=1S/C12H10O2S/c13-12-6-9(7-14-12)11-5-8-3-1-2-4-10(8)15-11/h1-5,9H,6-7H2. The average Bonchev–Trinajstić information content (AvgIpc) is 2.82. The minimum Gasteiger partial charge on any atom is -0.465 e. The number of carbonyl (C=O) groups is 1. The molecular formula is C12H10O2S. The molecule has 0 radical (unpaired) electrons. The summed E-state index contributed by atoms with van der Waals surface area (Å²) in [5.41, 5.74) is 0. The van der Waals surface area contributed by atoms with Crippen LogP contribution in [0.15, 0.2) is 30.3 Å². The summed E-state index contributed by atoms with van der Waals surface area (Å²) in [4.78, 5) is 12.3. The van der Waals surface area contributed by atoms with Crippen molar-refractivity contribution in [1.82, 2.24) is 0 Å². The van der Waals surface area contributed by atoms with Crippen LogP contribution in [-0.4, -0.2) is 12.6 Å². The lowest BCUT2D eigenvalue weighted by Crippen LogP contribution is -1.93. The van der Waals surface area contributed by atoms with Crippen molar-refractivity contribution < 1.29 is 9.53 Å². The molecule has 0 amide bonds. The van der Waals surface area contributed by atoms with Crippen LogP contribution in [0.3, 0.4) is 0 Å². The number of esters is 1. The highest BCUT2D eigenvalue weighted by Crippen LogP contribution is 2.35. The zero-order valence-electron chi connectivity index (χ0n) is 8.10. The van der Waals surface area contributed by atoms with Gasteiger partial charge in [0.2, 0.25) is 0 Å². The molecule has 1 aliphatic heterocycles. The van der Waals surface area contributed by atoms with Gasteiger partial charge in [-0.3, -0.25) is 4.79 Å². The van der Waals surface area contributed by atoms with Gasteiger partial charge in [-0.1, -0.05) is 18.2 Å². The van der Waals surface area contributed by atoms with Gasteiger partial charge in [-0.2, -0.15) is 0 Å². The lowest BCUT2D eigenvalue weighted by atomic mass is 10.1. The van der Waals surface area contributed by atoms with Gasteiger partial charge in [-0.05, 0) is 17.5 Å². The first-order valence-corrected chi connectivity index (χ1v) is 5.79. The lowest BCUT2D eigenvalue weighted by Gasteiger charge is -1.99. The Morgan fingerprint density at radius 2 is 2.20 bits per heavy atom. The Hall–Kier alpha value is -1.35. The number of hydrogen-bond acceptors (Lipinski definition) is 3. The van der Waals surface area contributed by atoms with Crippen LogP contribution in [0.1, 0.15) is 17.2 Å². The summed E-state index contributed by atoms with van der Waals surface area (Å²) >= 11 is 1.76. The number of fused-ring (bicyclic) bond motifs is 1. The largest absolute Gasteiger partial charge is 0.465 e. The summed E-state index contributed by atoms with van der Waals surface area (Å²) in [5, 5.41) is 1.26. The molecule has 1 atom stereocenters. The molecule has 2 heterocycles. The third kappa shape index (κ3) is 1.53. The second-order valence-electron chi connectivity index (χ2n) is 3.77. The number of rotatable bonds is 1.